The molecule has 0 spiro atoms. The van der Waals surface area contributed by atoms with Crippen LogP contribution in [0.4, 0.5) is 16.2 Å². The molecule has 1 atom stereocenters. The lowest BCUT2D eigenvalue weighted by molar-refractivity contribution is 0.194. The number of nitrogens with one attached hydrogen (secondary N) is 1. The summed E-state index contributed by atoms with van der Waals surface area (Å²) in [7, 11) is 4.10. The zero-order chi connectivity index (χ0) is 25.7. The predicted molar refractivity (Wildman–Crippen MR) is 153 cm³/mol. The topological polar surface area (TPSA) is 40.5 Å². The summed E-state index contributed by atoms with van der Waals surface area (Å²) in [6.45, 7) is 4.76. The molecular formula is C31H34N4OS. The highest BCUT2D eigenvalue weighted by Crippen LogP contribution is 2.44. The van der Waals surface area contributed by atoms with Gasteiger partial charge in [0.2, 0.25) is 0 Å². The van der Waals surface area contributed by atoms with E-state index in [1.54, 1.807) is 0 Å². The third-order valence-electron chi connectivity index (χ3n) is 8.01. The molecule has 190 valence electrons. The number of thiophene rings is 1. The van der Waals surface area contributed by atoms with Gasteiger partial charge in [0, 0.05) is 42.1 Å². The molecule has 1 N–H and O–H groups in total. The van der Waals surface area contributed by atoms with Gasteiger partial charge >= 0.3 is 6.03 Å². The summed E-state index contributed by atoms with van der Waals surface area (Å²) in [5.41, 5.74) is 9.34. The number of rotatable bonds is 3. The molecule has 1 unspecified atom stereocenters. The molecule has 2 aromatic carbocycles. The summed E-state index contributed by atoms with van der Waals surface area (Å²) >= 11 is 1.92. The van der Waals surface area contributed by atoms with E-state index in [4.69, 9.17) is 0 Å². The standard InChI is InChI=1S/C31H34N4OS/c1-20-9-7-11-26(21(20)2)32-31(36)35-19-25-24-10-5-6-13-28(24)37-30(25)34-18-8-12-27(34)29(35)22-14-16-23(17-15-22)33(3)4/h7-9,11-12,14-18,29H,5-6,10,13,19H2,1-4H3,(H,32,36). The zero-order valence-corrected chi connectivity index (χ0v) is 22.9. The van der Waals surface area contributed by atoms with Gasteiger partial charge in [-0.05, 0) is 92.1 Å². The molecule has 0 saturated heterocycles. The van der Waals surface area contributed by atoms with E-state index >= 15 is 0 Å². The summed E-state index contributed by atoms with van der Waals surface area (Å²) in [6, 6.07) is 18.8. The Balaban J connectivity index is 1.49. The van der Waals surface area contributed by atoms with Gasteiger partial charge in [0.05, 0.1) is 18.3 Å². The van der Waals surface area contributed by atoms with E-state index in [-0.39, 0.29) is 12.1 Å². The second kappa shape index (κ2) is 9.42. The lowest BCUT2D eigenvalue weighted by Crippen LogP contribution is -2.38. The van der Waals surface area contributed by atoms with Gasteiger partial charge in [-0.2, -0.15) is 0 Å². The third kappa shape index (κ3) is 4.13. The summed E-state index contributed by atoms with van der Waals surface area (Å²) in [5, 5.41) is 4.56. The number of benzene rings is 2. The molecule has 2 aromatic heterocycles. The molecule has 6 rings (SSSR count). The normalized spacial score (nSPS) is 16.4. The zero-order valence-electron chi connectivity index (χ0n) is 22.0. The first-order valence-electron chi connectivity index (χ1n) is 13.1. The van der Waals surface area contributed by atoms with Crippen molar-refractivity contribution in [2.75, 3.05) is 24.3 Å². The minimum Gasteiger partial charge on any atom is -0.378 e. The van der Waals surface area contributed by atoms with Gasteiger partial charge < -0.3 is 19.7 Å². The average molecular weight is 511 g/mol. The Hall–Kier alpha value is -3.51. The van der Waals surface area contributed by atoms with Crippen LogP contribution in [0.25, 0.3) is 5.00 Å². The van der Waals surface area contributed by atoms with Crippen molar-refractivity contribution in [3.63, 3.8) is 0 Å². The molecule has 5 nitrogen and oxygen atoms in total. The molecule has 1 aliphatic heterocycles. The molecule has 0 bridgehead atoms. The molecule has 3 heterocycles. The molecule has 4 aromatic rings. The number of fused-ring (bicyclic) bond motifs is 5. The Kier molecular flexibility index (Phi) is 6.07. The van der Waals surface area contributed by atoms with Crippen LogP contribution < -0.4 is 10.2 Å². The number of urea groups is 1. The number of carbonyl (C=O) groups is 1. The fourth-order valence-electron chi connectivity index (χ4n) is 5.77. The van der Waals surface area contributed by atoms with Crippen LogP contribution in [0.15, 0.2) is 60.8 Å². The van der Waals surface area contributed by atoms with Crippen LogP contribution in [0, 0.1) is 13.8 Å². The first-order chi connectivity index (χ1) is 17.9. The van der Waals surface area contributed by atoms with E-state index in [9.17, 15) is 4.79 Å². The average Bonchev–Trinajstić information content (AvgIpc) is 3.48. The van der Waals surface area contributed by atoms with Crippen molar-refractivity contribution in [3.8, 4) is 5.00 Å². The quantitative estimate of drug-likeness (QED) is 0.316. The highest BCUT2D eigenvalue weighted by Gasteiger charge is 2.36. The van der Waals surface area contributed by atoms with Crippen molar-refractivity contribution < 1.29 is 4.79 Å². The Morgan fingerprint density at radius 1 is 0.973 bits per heavy atom. The van der Waals surface area contributed by atoms with Gasteiger partial charge in [0.15, 0.2) is 0 Å². The number of nitrogens with zero attached hydrogens (tertiary/aromatic N) is 3. The van der Waals surface area contributed by atoms with E-state index in [1.807, 2.05) is 28.4 Å². The first kappa shape index (κ1) is 23.9. The van der Waals surface area contributed by atoms with Crippen LogP contribution in [0.1, 0.15) is 57.3 Å². The number of aryl methyl sites for hydroxylation is 2. The van der Waals surface area contributed by atoms with Crippen LogP contribution in [-0.4, -0.2) is 29.6 Å². The molecule has 2 amide bonds. The maximum absolute atomic E-state index is 14.2. The van der Waals surface area contributed by atoms with Crippen molar-refractivity contribution in [1.82, 2.24) is 9.47 Å². The van der Waals surface area contributed by atoms with Crippen LogP contribution in [-0.2, 0) is 19.4 Å². The first-order valence-corrected chi connectivity index (χ1v) is 14.0. The van der Waals surface area contributed by atoms with Gasteiger partial charge in [-0.3, -0.25) is 0 Å². The monoisotopic (exact) mass is 510 g/mol. The highest BCUT2D eigenvalue weighted by molar-refractivity contribution is 7.15. The molecule has 1 aliphatic carbocycles. The Morgan fingerprint density at radius 3 is 2.54 bits per heavy atom. The molecule has 37 heavy (non-hydrogen) atoms. The fraction of sp³-hybridized carbons (Fsp3) is 0.323. The second-order valence-electron chi connectivity index (χ2n) is 10.5. The molecule has 2 aliphatic rings. The summed E-state index contributed by atoms with van der Waals surface area (Å²) < 4.78 is 2.34. The van der Waals surface area contributed by atoms with Crippen molar-refractivity contribution >= 4 is 28.7 Å². The van der Waals surface area contributed by atoms with Gasteiger partial charge in [-0.25, -0.2) is 4.79 Å². The van der Waals surface area contributed by atoms with Crippen molar-refractivity contribution in [1.29, 1.82) is 0 Å². The van der Waals surface area contributed by atoms with E-state index in [1.165, 1.54) is 39.4 Å². The molecule has 0 radical (unpaired) electrons. The summed E-state index contributed by atoms with van der Waals surface area (Å²) in [6.07, 6.45) is 6.89. The Morgan fingerprint density at radius 2 is 1.76 bits per heavy atom. The van der Waals surface area contributed by atoms with Gasteiger partial charge in [-0.15, -0.1) is 11.3 Å². The smallest absolute Gasteiger partial charge is 0.322 e. The van der Waals surface area contributed by atoms with Crippen molar-refractivity contribution in [3.05, 3.63) is 99.2 Å². The fourth-order valence-corrected chi connectivity index (χ4v) is 7.17. The summed E-state index contributed by atoms with van der Waals surface area (Å²) in [5.74, 6) is 0. The molecule has 6 heteroatoms. The van der Waals surface area contributed by atoms with Crippen molar-refractivity contribution in [2.45, 2.75) is 52.1 Å². The van der Waals surface area contributed by atoms with E-state index in [0.717, 1.165) is 41.0 Å². The predicted octanol–water partition coefficient (Wildman–Crippen LogP) is 7.24. The van der Waals surface area contributed by atoms with Crippen LogP contribution >= 0.6 is 11.3 Å². The Bertz CT molecular complexity index is 1460. The SMILES string of the molecule is Cc1cccc(NC(=O)N2Cc3c(sc4c3CCCC4)-n3cccc3C2c2ccc(N(C)C)cc2)c1C. The number of hydrogen-bond donors (Lipinski definition) is 1. The minimum atomic E-state index is -0.199. The molecular weight excluding hydrogens is 476 g/mol. The number of aromatic nitrogens is 1. The van der Waals surface area contributed by atoms with E-state index in [2.05, 4.69) is 91.4 Å². The van der Waals surface area contributed by atoms with E-state index in [0.29, 0.717) is 6.54 Å². The van der Waals surface area contributed by atoms with Crippen LogP contribution in [0.2, 0.25) is 0 Å². The Labute approximate surface area is 223 Å². The lowest BCUT2D eigenvalue weighted by Gasteiger charge is -2.32. The maximum atomic E-state index is 14.2. The maximum Gasteiger partial charge on any atom is 0.322 e. The largest absolute Gasteiger partial charge is 0.378 e. The number of hydrogen-bond acceptors (Lipinski definition) is 3. The van der Waals surface area contributed by atoms with Gasteiger partial charge in [0.25, 0.3) is 0 Å². The van der Waals surface area contributed by atoms with Gasteiger partial charge in [0.1, 0.15) is 5.00 Å². The van der Waals surface area contributed by atoms with Crippen LogP contribution in [0.5, 0.6) is 0 Å². The lowest BCUT2D eigenvalue weighted by atomic mass is 9.95. The van der Waals surface area contributed by atoms with Crippen molar-refractivity contribution in [2.24, 2.45) is 0 Å². The van der Waals surface area contributed by atoms with Crippen LogP contribution in [0.3, 0.4) is 0 Å². The highest BCUT2D eigenvalue weighted by atomic mass is 32.1. The van der Waals surface area contributed by atoms with Gasteiger partial charge in [-0.1, -0.05) is 24.3 Å². The van der Waals surface area contributed by atoms with E-state index < -0.39 is 0 Å². The molecule has 0 saturated carbocycles. The molecule has 0 fully saturated rings. The minimum absolute atomic E-state index is 0.0632. The summed E-state index contributed by atoms with van der Waals surface area (Å²) in [4.78, 5) is 19.8. The number of amides is 2. The third-order valence-corrected chi connectivity index (χ3v) is 9.34. The second-order valence-corrected chi connectivity index (χ2v) is 11.6. The number of anilines is 2. The number of carbonyl (C=O) groups excluding carboxylic acids is 1.